The van der Waals surface area contributed by atoms with Gasteiger partial charge in [-0.15, -0.1) is 0 Å². The minimum atomic E-state index is -0.825. The summed E-state index contributed by atoms with van der Waals surface area (Å²) in [6, 6.07) is 10.6. The molecular weight excluding hydrogens is 322 g/mol. The van der Waals surface area contributed by atoms with Crippen LogP contribution in [-0.4, -0.2) is 42.3 Å². The van der Waals surface area contributed by atoms with E-state index in [4.69, 9.17) is 10.2 Å². The summed E-state index contributed by atoms with van der Waals surface area (Å²) in [4.78, 5) is 40.1. The maximum Gasteiger partial charge on any atom is 0.289 e. The zero-order valence-corrected chi connectivity index (χ0v) is 13.5. The topological polar surface area (TPSA) is 96.9 Å². The van der Waals surface area contributed by atoms with Gasteiger partial charge in [-0.05, 0) is 30.2 Å². The summed E-state index contributed by atoms with van der Waals surface area (Å²) in [5.74, 6) is -0.728. The van der Waals surface area contributed by atoms with Gasteiger partial charge >= 0.3 is 0 Å². The first kappa shape index (κ1) is 15.4. The van der Waals surface area contributed by atoms with Crippen LogP contribution in [-0.2, 0) is 15.0 Å². The van der Waals surface area contributed by atoms with Crippen molar-refractivity contribution in [3.05, 3.63) is 54.0 Å². The highest BCUT2D eigenvalue weighted by atomic mass is 16.3. The maximum absolute atomic E-state index is 13.1. The molecule has 2 aromatic rings. The molecule has 0 bridgehead atoms. The fourth-order valence-electron chi connectivity index (χ4n) is 3.84. The van der Waals surface area contributed by atoms with Crippen molar-refractivity contribution in [2.45, 2.75) is 11.8 Å². The van der Waals surface area contributed by atoms with Crippen LogP contribution < -0.4 is 10.6 Å². The largest absolute Gasteiger partial charge is 0.459 e. The number of furan rings is 1. The van der Waals surface area contributed by atoms with Gasteiger partial charge < -0.3 is 20.0 Å². The van der Waals surface area contributed by atoms with Crippen molar-refractivity contribution in [1.29, 1.82) is 0 Å². The number of likely N-dealkylation sites (tertiary alicyclic amines) is 1. The van der Waals surface area contributed by atoms with Gasteiger partial charge in [-0.2, -0.15) is 0 Å². The molecule has 0 saturated carbocycles. The van der Waals surface area contributed by atoms with Gasteiger partial charge in [0.1, 0.15) is 6.54 Å². The van der Waals surface area contributed by atoms with Crippen molar-refractivity contribution in [3.8, 4) is 0 Å². The lowest BCUT2D eigenvalue weighted by Gasteiger charge is -2.23. The second-order valence-electron chi connectivity index (χ2n) is 6.41. The molecule has 1 atom stereocenters. The number of para-hydroxylation sites is 1. The monoisotopic (exact) mass is 339 g/mol. The van der Waals surface area contributed by atoms with Gasteiger partial charge in [0.05, 0.1) is 11.7 Å². The molecule has 3 heterocycles. The zero-order valence-electron chi connectivity index (χ0n) is 13.5. The molecule has 0 radical (unpaired) electrons. The van der Waals surface area contributed by atoms with E-state index in [2.05, 4.69) is 0 Å². The lowest BCUT2D eigenvalue weighted by Crippen LogP contribution is -2.45. The number of nitrogens with zero attached hydrogens (tertiary/aromatic N) is 2. The Balaban J connectivity index is 1.69. The standard InChI is InChI=1S/C18H17N3O4/c19-15(22)10-21-13-5-2-1-4-12(13)18(17(21)24)7-8-20(11-18)16(23)14-6-3-9-25-14/h1-6,9H,7-8,10-11H2,(H2,19,22)/t18-/m1/s1. The molecule has 0 aliphatic carbocycles. The maximum atomic E-state index is 13.1. The Kier molecular flexibility index (Phi) is 3.38. The number of nitrogens with two attached hydrogens (primary N) is 1. The van der Waals surface area contributed by atoms with Crippen molar-refractivity contribution in [2.75, 3.05) is 24.5 Å². The Morgan fingerprint density at radius 2 is 2.00 bits per heavy atom. The van der Waals surface area contributed by atoms with Crippen LogP contribution in [0.3, 0.4) is 0 Å². The van der Waals surface area contributed by atoms with E-state index in [1.807, 2.05) is 24.3 Å². The molecule has 25 heavy (non-hydrogen) atoms. The number of rotatable bonds is 3. The van der Waals surface area contributed by atoms with Crippen LogP contribution in [0.2, 0.25) is 0 Å². The second-order valence-corrected chi connectivity index (χ2v) is 6.41. The average Bonchev–Trinajstić information content (AvgIpc) is 3.32. The number of hydrogen-bond acceptors (Lipinski definition) is 4. The molecular formula is C18H17N3O4. The minimum absolute atomic E-state index is 0.163. The van der Waals surface area contributed by atoms with Gasteiger partial charge in [0.15, 0.2) is 5.76 Å². The molecule has 1 aromatic carbocycles. The summed E-state index contributed by atoms with van der Waals surface area (Å²) in [7, 11) is 0. The van der Waals surface area contributed by atoms with E-state index in [1.54, 1.807) is 17.0 Å². The van der Waals surface area contributed by atoms with E-state index in [-0.39, 0.29) is 30.7 Å². The lowest BCUT2D eigenvalue weighted by atomic mass is 9.81. The van der Waals surface area contributed by atoms with Crippen molar-refractivity contribution in [2.24, 2.45) is 5.73 Å². The van der Waals surface area contributed by atoms with Gasteiger partial charge in [-0.1, -0.05) is 18.2 Å². The first-order chi connectivity index (χ1) is 12.0. The molecule has 1 aromatic heterocycles. The molecule has 2 aliphatic heterocycles. The third kappa shape index (κ3) is 2.23. The summed E-state index contributed by atoms with van der Waals surface area (Å²) in [5.41, 5.74) is 6.02. The van der Waals surface area contributed by atoms with Gasteiger partial charge in [-0.3, -0.25) is 14.4 Å². The number of amides is 3. The van der Waals surface area contributed by atoms with E-state index in [0.29, 0.717) is 18.7 Å². The molecule has 1 saturated heterocycles. The minimum Gasteiger partial charge on any atom is -0.459 e. The highest BCUT2D eigenvalue weighted by Crippen LogP contribution is 2.47. The second kappa shape index (κ2) is 5.47. The van der Waals surface area contributed by atoms with Gasteiger partial charge in [0.2, 0.25) is 11.8 Å². The van der Waals surface area contributed by atoms with Gasteiger partial charge in [-0.25, -0.2) is 0 Å². The molecule has 0 unspecified atom stereocenters. The first-order valence-corrected chi connectivity index (χ1v) is 8.05. The highest BCUT2D eigenvalue weighted by Gasteiger charge is 2.55. The third-order valence-corrected chi connectivity index (χ3v) is 4.97. The Labute approximate surface area is 144 Å². The molecule has 128 valence electrons. The van der Waals surface area contributed by atoms with Crippen LogP contribution in [0.15, 0.2) is 47.1 Å². The van der Waals surface area contributed by atoms with Crippen LogP contribution in [0, 0.1) is 0 Å². The van der Waals surface area contributed by atoms with E-state index in [1.165, 1.54) is 11.2 Å². The van der Waals surface area contributed by atoms with Crippen LogP contribution in [0.4, 0.5) is 5.69 Å². The summed E-state index contributed by atoms with van der Waals surface area (Å²) in [6.45, 7) is 0.547. The lowest BCUT2D eigenvalue weighted by molar-refractivity contribution is -0.125. The van der Waals surface area contributed by atoms with Crippen LogP contribution in [0.1, 0.15) is 22.5 Å². The summed E-state index contributed by atoms with van der Waals surface area (Å²) >= 11 is 0. The van der Waals surface area contributed by atoms with Crippen LogP contribution >= 0.6 is 0 Å². The zero-order chi connectivity index (χ0) is 17.6. The van der Waals surface area contributed by atoms with E-state index in [9.17, 15) is 14.4 Å². The highest BCUT2D eigenvalue weighted by molar-refractivity contribution is 6.11. The Morgan fingerprint density at radius 1 is 1.20 bits per heavy atom. The number of primary amides is 1. The Bertz CT molecular complexity index is 861. The number of benzene rings is 1. The van der Waals surface area contributed by atoms with Gasteiger partial charge in [0, 0.05) is 18.8 Å². The quantitative estimate of drug-likeness (QED) is 0.898. The summed E-state index contributed by atoms with van der Waals surface area (Å²) < 4.78 is 5.18. The molecule has 1 fully saturated rings. The van der Waals surface area contributed by atoms with Crippen molar-refractivity contribution < 1.29 is 18.8 Å². The molecule has 7 heteroatoms. The number of anilines is 1. The summed E-state index contributed by atoms with van der Waals surface area (Å²) in [5, 5.41) is 0. The molecule has 4 rings (SSSR count). The van der Waals surface area contributed by atoms with Crippen LogP contribution in [0.25, 0.3) is 0 Å². The van der Waals surface area contributed by atoms with E-state index in [0.717, 1.165) is 5.56 Å². The Morgan fingerprint density at radius 3 is 2.72 bits per heavy atom. The number of hydrogen-bond donors (Lipinski definition) is 1. The normalized spacial score (nSPS) is 21.8. The van der Waals surface area contributed by atoms with E-state index >= 15 is 0 Å². The number of carbonyl (C=O) groups excluding carboxylic acids is 3. The van der Waals surface area contributed by atoms with Crippen molar-refractivity contribution in [1.82, 2.24) is 4.90 Å². The average molecular weight is 339 g/mol. The predicted octanol–water partition coefficient (Wildman–Crippen LogP) is 0.895. The third-order valence-electron chi connectivity index (χ3n) is 4.97. The first-order valence-electron chi connectivity index (χ1n) is 8.05. The molecule has 7 nitrogen and oxygen atoms in total. The SMILES string of the molecule is NC(=O)CN1C(=O)[C@@]2(CCN(C(=O)c3ccco3)C2)c2ccccc21. The molecule has 1 spiro atoms. The fraction of sp³-hybridized carbons (Fsp3) is 0.278. The fourth-order valence-corrected chi connectivity index (χ4v) is 3.84. The van der Waals surface area contributed by atoms with Crippen molar-refractivity contribution in [3.63, 3.8) is 0 Å². The predicted molar refractivity (Wildman–Crippen MR) is 88.9 cm³/mol. The molecule has 2 N–H and O–H groups in total. The Hall–Kier alpha value is -3.09. The number of carbonyl (C=O) groups is 3. The summed E-state index contributed by atoms with van der Waals surface area (Å²) in [6.07, 6.45) is 1.95. The van der Waals surface area contributed by atoms with Crippen LogP contribution in [0.5, 0.6) is 0 Å². The van der Waals surface area contributed by atoms with E-state index < -0.39 is 11.3 Å². The molecule has 3 amide bonds. The van der Waals surface area contributed by atoms with Gasteiger partial charge in [0.25, 0.3) is 5.91 Å². The van der Waals surface area contributed by atoms with Crippen molar-refractivity contribution >= 4 is 23.4 Å². The number of fused-ring (bicyclic) bond motifs is 2. The smallest absolute Gasteiger partial charge is 0.289 e. The molecule has 2 aliphatic rings.